The number of rotatable bonds is 3. The van der Waals surface area contributed by atoms with Crippen LogP contribution in [0.15, 0.2) is 66.7 Å². The maximum Gasteiger partial charge on any atom is 0.344 e. The number of esters is 1. The summed E-state index contributed by atoms with van der Waals surface area (Å²) in [7, 11) is 0. The highest BCUT2D eigenvalue weighted by Gasteiger charge is 2.25. The molecule has 5 aromatic rings. The number of aromatic nitrogens is 3. The smallest absolute Gasteiger partial charge is 0.344 e. The van der Waals surface area contributed by atoms with E-state index < -0.39 is 5.97 Å². The summed E-state index contributed by atoms with van der Waals surface area (Å²) in [6.45, 7) is 2.01. The zero-order chi connectivity index (χ0) is 20.0. The predicted molar refractivity (Wildman–Crippen MR) is 114 cm³/mol. The number of nitrogen functional groups attached to an aromatic ring is 1. The summed E-state index contributed by atoms with van der Waals surface area (Å²) < 4.78 is 7.02. The van der Waals surface area contributed by atoms with E-state index in [2.05, 4.69) is 4.98 Å². The molecule has 0 spiro atoms. The van der Waals surface area contributed by atoms with Crippen molar-refractivity contribution in [2.24, 2.45) is 0 Å². The van der Waals surface area contributed by atoms with Crippen LogP contribution in [0.5, 0.6) is 0 Å². The van der Waals surface area contributed by atoms with Crippen LogP contribution in [-0.2, 0) is 4.74 Å². The fraction of sp³-hybridized carbons (Fsp3) is 0.0870. The highest BCUT2D eigenvalue weighted by molar-refractivity contribution is 6.09. The van der Waals surface area contributed by atoms with Crippen molar-refractivity contribution in [3.05, 3.63) is 72.3 Å². The monoisotopic (exact) mass is 382 g/mol. The van der Waals surface area contributed by atoms with Gasteiger partial charge in [0.15, 0.2) is 5.65 Å². The lowest BCUT2D eigenvalue weighted by Gasteiger charge is -2.09. The van der Waals surface area contributed by atoms with Crippen LogP contribution in [0, 0.1) is 0 Å². The lowest BCUT2D eigenvalue weighted by atomic mass is 10.1. The number of carbonyl (C=O) groups is 1. The Hall–Kier alpha value is -3.93. The molecule has 0 saturated carbocycles. The first kappa shape index (κ1) is 17.2. The van der Waals surface area contributed by atoms with E-state index >= 15 is 0 Å². The zero-order valence-corrected chi connectivity index (χ0v) is 15.8. The van der Waals surface area contributed by atoms with Gasteiger partial charge in [0, 0.05) is 5.69 Å². The Morgan fingerprint density at radius 1 is 0.966 bits per heavy atom. The number of nitrogens with two attached hydrogens (primary N) is 1. The molecule has 142 valence electrons. The van der Waals surface area contributed by atoms with E-state index in [9.17, 15) is 4.79 Å². The van der Waals surface area contributed by atoms with E-state index in [0.29, 0.717) is 16.7 Å². The SMILES string of the molecule is CCOC(=O)c1c(N)n(-c2ccc3ccccc3c2)c2nc3ccccc3nc12. The minimum Gasteiger partial charge on any atom is -0.462 e. The van der Waals surface area contributed by atoms with E-state index in [4.69, 9.17) is 15.5 Å². The molecular weight excluding hydrogens is 364 g/mol. The van der Waals surface area contributed by atoms with Crippen molar-refractivity contribution < 1.29 is 9.53 Å². The molecule has 2 aromatic heterocycles. The average molecular weight is 382 g/mol. The fourth-order valence-electron chi connectivity index (χ4n) is 3.64. The number of hydrogen-bond acceptors (Lipinski definition) is 5. The topological polar surface area (TPSA) is 83.0 Å². The van der Waals surface area contributed by atoms with Crippen molar-refractivity contribution in [3.63, 3.8) is 0 Å². The van der Waals surface area contributed by atoms with Gasteiger partial charge in [-0.05, 0) is 42.0 Å². The maximum absolute atomic E-state index is 12.7. The summed E-state index contributed by atoms with van der Waals surface area (Å²) in [6.07, 6.45) is 0. The van der Waals surface area contributed by atoms with Crippen molar-refractivity contribution in [1.29, 1.82) is 0 Å². The van der Waals surface area contributed by atoms with Gasteiger partial charge in [-0.25, -0.2) is 14.8 Å². The summed E-state index contributed by atoms with van der Waals surface area (Å²) in [5.74, 6) is -0.233. The van der Waals surface area contributed by atoms with Crippen LogP contribution in [0.4, 0.5) is 5.82 Å². The van der Waals surface area contributed by atoms with Crippen LogP contribution < -0.4 is 5.73 Å². The molecule has 0 unspecified atom stereocenters. The zero-order valence-electron chi connectivity index (χ0n) is 15.8. The third-order valence-electron chi connectivity index (χ3n) is 4.97. The Labute approximate surface area is 166 Å². The van der Waals surface area contributed by atoms with Gasteiger partial charge in [0.05, 0.1) is 17.6 Å². The van der Waals surface area contributed by atoms with Gasteiger partial charge in [-0.3, -0.25) is 4.57 Å². The average Bonchev–Trinajstić information content (AvgIpc) is 3.02. The van der Waals surface area contributed by atoms with Gasteiger partial charge in [-0.2, -0.15) is 0 Å². The third kappa shape index (κ3) is 2.69. The minimum atomic E-state index is -0.501. The van der Waals surface area contributed by atoms with Gasteiger partial charge in [-0.15, -0.1) is 0 Å². The molecule has 0 aliphatic rings. The van der Waals surface area contributed by atoms with E-state index in [0.717, 1.165) is 22.0 Å². The number of fused-ring (bicyclic) bond motifs is 3. The van der Waals surface area contributed by atoms with Gasteiger partial charge in [0.1, 0.15) is 16.9 Å². The first-order valence-electron chi connectivity index (χ1n) is 9.40. The molecule has 0 atom stereocenters. The molecule has 0 aliphatic heterocycles. The van der Waals surface area contributed by atoms with E-state index in [-0.39, 0.29) is 18.0 Å². The summed E-state index contributed by atoms with van der Waals surface area (Å²) >= 11 is 0. The molecule has 0 bridgehead atoms. The van der Waals surface area contributed by atoms with Crippen LogP contribution >= 0.6 is 0 Å². The number of benzene rings is 3. The highest BCUT2D eigenvalue weighted by atomic mass is 16.5. The minimum absolute atomic E-state index is 0.244. The van der Waals surface area contributed by atoms with Crippen molar-refractivity contribution in [3.8, 4) is 5.69 Å². The van der Waals surface area contributed by atoms with E-state index in [1.807, 2.05) is 66.7 Å². The van der Waals surface area contributed by atoms with Crippen LogP contribution in [0.2, 0.25) is 0 Å². The second-order valence-electron chi connectivity index (χ2n) is 6.73. The number of nitrogens with zero attached hydrogens (tertiary/aromatic N) is 3. The van der Waals surface area contributed by atoms with Crippen molar-refractivity contribution in [2.45, 2.75) is 6.92 Å². The largest absolute Gasteiger partial charge is 0.462 e. The van der Waals surface area contributed by atoms with Crippen LogP contribution in [-0.4, -0.2) is 27.1 Å². The van der Waals surface area contributed by atoms with Gasteiger partial charge in [0.2, 0.25) is 0 Å². The van der Waals surface area contributed by atoms with E-state index in [1.165, 1.54) is 0 Å². The highest BCUT2D eigenvalue weighted by Crippen LogP contribution is 2.32. The summed E-state index contributed by atoms with van der Waals surface area (Å²) in [5.41, 5.74) is 9.92. The molecule has 6 heteroatoms. The van der Waals surface area contributed by atoms with Crippen molar-refractivity contribution >= 4 is 44.8 Å². The number of para-hydroxylation sites is 2. The number of carbonyl (C=O) groups excluding carboxylic acids is 1. The molecule has 29 heavy (non-hydrogen) atoms. The van der Waals surface area contributed by atoms with Gasteiger partial charge in [-0.1, -0.05) is 42.5 Å². The number of ether oxygens (including phenoxy) is 1. The molecule has 0 amide bonds. The molecule has 0 radical (unpaired) electrons. The summed E-state index contributed by atoms with van der Waals surface area (Å²) in [5, 5.41) is 2.19. The second-order valence-corrected chi connectivity index (χ2v) is 6.73. The molecule has 5 rings (SSSR count). The molecule has 3 aromatic carbocycles. The molecule has 0 saturated heterocycles. The molecule has 6 nitrogen and oxygen atoms in total. The van der Waals surface area contributed by atoms with Crippen molar-refractivity contribution in [1.82, 2.24) is 14.5 Å². The van der Waals surface area contributed by atoms with Crippen LogP contribution in [0.3, 0.4) is 0 Å². The molecule has 2 N–H and O–H groups in total. The molecule has 0 fully saturated rings. The third-order valence-corrected chi connectivity index (χ3v) is 4.97. The summed E-state index contributed by atoms with van der Waals surface area (Å²) in [4.78, 5) is 22.1. The molecule has 0 aliphatic carbocycles. The van der Waals surface area contributed by atoms with Crippen LogP contribution in [0.25, 0.3) is 38.7 Å². The Morgan fingerprint density at radius 2 is 1.66 bits per heavy atom. The number of hydrogen-bond donors (Lipinski definition) is 1. The Kier molecular flexibility index (Phi) is 3.91. The summed E-state index contributed by atoms with van der Waals surface area (Å²) in [6, 6.07) is 21.6. The van der Waals surface area contributed by atoms with Gasteiger partial charge in [0.25, 0.3) is 0 Å². The van der Waals surface area contributed by atoms with Crippen molar-refractivity contribution in [2.75, 3.05) is 12.3 Å². The van der Waals surface area contributed by atoms with Crippen LogP contribution in [0.1, 0.15) is 17.3 Å². The van der Waals surface area contributed by atoms with E-state index in [1.54, 1.807) is 11.5 Å². The second kappa shape index (κ2) is 6.60. The predicted octanol–water partition coefficient (Wildman–Crippen LogP) is 4.49. The standard InChI is InChI=1S/C23H18N4O2/c1-2-29-23(28)19-20-22(26-18-10-6-5-9-17(18)25-20)27(21(19)24)16-12-11-14-7-3-4-8-15(14)13-16/h3-13H,2,24H2,1H3. The lowest BCUT2D eigenvalue weighted by Crippen LogP contribution is -2.09. The quantitative estimate of drug-likeness (QED) is 0.465. The Morgan fingerprint density at radius 3 is 2.41 bits per heavy atom. The molecular formula is C23H18N4O2. The number of anilines is 1. The Balaban J connectivity index is 1.86. The molecule has 2 heterocycles. The Bertz CT molecular complexity index is 1400. The maximum atomic E-state index is 12.7. The first-order chi connectivity index (χ1) is 14.2. The fourth-order valence-corrected chi connectivity index (χ4v) is 3.64. The van der Waals surface area contributed by atoms with Gasteiger partial charge >= 0.3 is 5.97 Å². The lowest BCUT2D eigenvalue weighted by molar-refractivity contribution is 0.0529. The normalized spacial score (nSPS) is 11.3. The first-order valence-corrected chi connectivity index (χ1v) is 9.40. The van der Waals surface area contributed by atoms with Gasteiger partial charge < -0.3 is 10.5 Å².